The van der Waals surface area contributed by atoms with Crippen molar-refractivity contribution in [3.63, 3.8) is 0 Å². The summed E-state index contributed by atoms with van der Waals surface area (Å²) in [6.07, 6.45) is 0. The van der Waals surface area contributed by atoms with Crippen molar-refractivity contribution in [1.29, 1.82) is 0 Å². The third-order valence-corrected chi connectivity index (χ3v) is 3.39. The summed E-state index contributed by atoms with van der Waals surface area (Å²) in [7, 11) is 3.27. The van der Waals surface area contributed by atoms with E-state index in [9.17, 15) is 4.79 Å². The molecule has 2 aromatic carbocycles. The minimum atomic E-state index is -0.185. The number of aryl methyl sites for hydroxylation is 2. The average Bonchev–Trinajstić information content (AvgIpc) is 2.44. The van der Waals surface area contributed by atoms with E-state index in [4.69, 9.17) is 10.5 Å². The molecule has 0 aliphatic heterocycles. The van der Waals surface area contributed by atoms with Crippen molar-refractivity contribution in [2.75, 3.05) is 24.8 Å². The van der Waals surface area contributed by atoms with Crippen molar-refractivity contribution in [2.24, 2.45) is 0 Å². The standard InChI is InChI=1S/C17H20N2O2/c1-11-8-12(2)10-13(9-11)19(3)17(20)16-14(18)6-5-7-15(16)21-4/h5-10H,18H2,1-4H3. The van der Waals surface area contributed by atoms with Crippen molar-refractivity contribution in [1.82, 2.24) is 0 Å². The Hall–Kier alpha value is -2.49. The number of amides is 1. The van der Waals surface area contributed by atoms with Crippen LogP contribution in [0.1, 0.15) is 21.5 Å². The molecule has 0 unspecified atom stereocenters. The van der Waals surface area contributed by atoms with Crippen LogP contribution in [0.2, 0.25) is 0 Å². The van der Waals surface area contributed by atoms with Gasteiger partial charge in [0.1, 0.15) is 11.3 Å². The molecule has 0 fully saturated rings. The van der Waals surface area contributed by atoms with E-state index in [1.54, 1.807) is 30.1 Å². The van der Waals surface area contributed by atoms with Gasteiger partial charge in [0.05, 0.1) is 7.11 Å². The number of hydrogen-bond donors (Lipinski definition) is 1. The fourth-order valence-electron chi connectivity index (χ4n) is 2.38. The molecule has 4 heteroatoms. The molecule has 21 heavy (non-hydrogen) atoms. The number of hydrogen-bond acceptors (Lipinski definition) is 3. The number of anilines is 2. The van der Waals surface area contributed by atoms with Crippen molar-refractivity contribution in [3.05, 3.63) is 53.1 Å². The van der Waals surface area contributed by atoms with Gasteiger partial charge in [0.15, 0.2) is 0 Å². The van der Waals surface area contributed by atoms with Crippen LogP contribution in [0.4, 0.5) is 11.4 Å². The summed E-state index contributed by atoms with van der Waals surface area (Å²) in [5.41, 5.74) is 9.80. The summed E-state index contributed by atoms with van der Waals surface area (Å²) >= 11 is 0. The van der Waals surface area contributed by atoms with Crippen LogP contribution in [0.5, 0.6) is 5.75 Å². The van der Waals surface area contributed by atoms with Gasteiger partial charge in [-0.1, -0.05) is 12.1 Å². The van der Waals surface area contributed by atoms with Crippen LogP contribution < -0.4 is 15.4 Å². The van der Waals surface area contributed by atoms with Gasteiger partial charge in [-0.15, -0.1) is 0 Å². The second-order valence-corrected chi connectivity index (χ2v) is 5.13. The minimum Gasteiger partial charge on any atom is -0.496 e. The molecular formula is C17H20N2O2. The number of rotatable bonds is 3. The van der Waals surface area contributed by atoms with E-state index in [1.807, 2.05) is 26.0 Å². The van der Waals surface area contributed by atoms with E-state index in [0.29, 0.717) is 17.0 Å². The second-order valence-electron chi connectivity index (χ2n) is 5.13. The highest BCUT2D eigenvalue weighted by molar-refractivity contribution is 6.11. The number of nitrogen functional groups attached to an aromatic ring is 1. The quantitative estimate of drug-likeness (QED) is 0.881. The highest BCUT2D eigenvalue weighted by atomic mass is 16.5. The summed E-state index contributed by atoms with van der Waals surface area (Å²) in [6, 6.07) is 11.2. The van der Waals surface area contributed by atoms with Crippen LogP contribution in [0.15, 0.2) is 36.4 Å². The highest BCUT2D eigenvalue weighted by Gasteiger charge is 2.20. The van der Waals surface area contributed by atoms with E-state index >= 15 is 0 Å². The van der Waals surface area contributed by atoms with Gasteiger partial charge in [0.25, 0.3) is 5.91 Å². The van der Waals surface area contributed by atoms with Crippen molar-refractivity contribution >= 4 is 17.3 Å². The molecule has 0 aromatic heterocycles. The number of nitrogens with two attached hydrogens (primary N) is 1. The molecule has 0 aliphatic carbocycles. The van der Waals surface area contributed by atoms with Crippen LogP contribution in [-0.2, 0) is 0 Å². The van der Waals surface area contributed by atoms with Crippen molar-refractivity contribution < 1.29 is 9.53 Å². The van der Waals surface area contributed by atoms with Crippen molar-refractivity contribution in [2.45, 2.75) is 13.8 Å². The molecule has 0 heterocycles. The van der Waals surface area contributed by atoms with Crippen LogP contribution in [-0.4, -0.2) is 20.1 Å². The lowest BCUT2D eigenvalue weighted by molar-refractivity contribution is 0.0991. The molecule has 0 bridgehead atoms. The first-order valence-corrected chi connectivity index (χ1v) is 6.73. The van der Waals surface area contributed by atoms with E-state index < -0.39 is 0 Å². The Labute approximate surface area is 125 Å². The van der Waals surface area contributed by atoms with Gasteiger partial charge in [-0.05, 0) is 49.2 Å². The lowest BCUT2D eigenvalue weighted by Gasteiger charge is -2.21. The maximum Gasteiger partial charge on any atom is 0.263 e. The van der Waals surface area contributed by atoms with E-state index in [0.717, 1.165) is 16.8 Å². The normalized spacial score (nSPS) is 10.3. The van der Waals surface area contributed by atoms with E-state index in [1.165, 1.54) is 7.11 Å². The van der Waals surface area contributed by atoms with Crippen LogP contribution in [0.25, 0.3) is 0 Å². The van der Waals surface area contributed by atoms with E-state index in [2.05, 4.69) is 6.07 Å². The summed E-state index contributed by atoms with van der Waals surface area (Å²) in [5.74, 6) is 0.297. The Bertz CT molecular complexity index is 660. The maximum absolute atomic E-state index is 12.7. The Kier molecular flexibility index (Phi) is 4.17. The Morgan fingerprint density at radius 3 is 2.33 bits per heavy atom. The zero-order valence-electron chi connectivity index (χ0n) is 12.8. The molecule has 2 aromatic rings. The van der Waals surface area contributed by atoms with Crippen LogP contribution in [0.3, 0.4) is 0 Å². The molecule has 110 valence electrons. The monoisotopic (exact) mass is 284 g/mol. The zero-order valence-corrected chi connectivity index (χ0v) is 12.8. The number of nitrogens with zero attached hydrogens (tertiary/aromatic N) is 1. The fraction of sp³-hybridized carbons (Fsp3) is 0.235. The number of carbonyl (C=O) groups excluding carboxylic acids is 1. The number of methoxy groups -OCH3 is 1. The lowest BCUT2D eigenvalue weighted by Crippen LogP contribution is -2.27. The van der Waals surface area contributed by atoms with Gasteiger partial charge in [-0.25, -0.2) is 0 Å². The summed E-state index contributed by atoms with van der Waals surface area (Å²) in [6.45, 7) is 4.01. The second kappa shape index (κ2) is 5.87. The molecular weight excluding hydrogens is 264 g/mol. The van der Waals surface area contributed by atoms with Crippen LogP contribution >= 0.6 is 0 Å². The molecule has 4 nitrogen and oxygen atoms in total. The number of benzene rings is 2. The average molecular weight is 284 g/mol. The maximum atomic E-state index is 12.7. The molecule has 2 rings (SSSR count). The summed E-state index contributed by atoms with van der Waals surface area (Å²) < 4.78 is 5.25. The first-order chi connectivity index (χ1) is 9.93. The number of ether oxygens (including phenoxy) is 1. The molecule has 2 N–H and O–H groups in total. The molecule has 0 radical (unpaired) electrons. The topological polar surface area (TPSA) is 55.6 Å². The Balaban J connectivity index is 2.44. The molecule has 0 aliphatic rings. The summed E-state index contributed by atoms with van der Waals surface area (Å²) in [5, 5.41) is 0. The smallest absolute Gasteiger partial charge is 0.263 e. The summed E-state index contributed by atoms with van der Waals surface area (Å²) in [4.78, 5) is 14.3. The molecule has 0 spiro atoms. The molecule has 0 saturated carbocycles. The van der Waals surface area contributed by atoms with E-state index in [-0.39, 0.29) is 5.91 Å². The molecule has 0 atom stereocenters. The predicted octanol–water partition coefficient (Wildman–Crippen LogP) is 3.17. The fourth-order valence-corrected chi connectivity index (χ4v) is 2.38. The van der Waals surface area contributed by atoms with Gasteiger partial charge >= 0.3 is 0 Å². The minimum absolute atomic E-state index is 0.185. The first-order valence-electron chi connectivity index (χ1n) is 6.73. The Morgan fingerprint density at radius 1 is 1.14 bits per heavy atom. The van der Waals surface area contributed by atoms with Crippen LogP contribution in [0, 0.1) is 13.8 Å². The molecule has 1 amide bonds. The SMILES string of the molecule is COc1cccc(N)c1C(=O)N(C)c1cc(C)cc(C)c1. The Morgan fingerprint density at radius 2 is 1.76 bits per heavy atom. The third-order valence-electron chi connectivity index (χ3n) is 3.39. The predicted molar refractivity (Wildman–Crippen MR) is 86.1 cm³/mol. The van der Waals surface area contributed by atoms with Crippen molar-refractivity contribution in [3.8, 4) is 5.75 Å². The van der Waals surface area contributed by atoms with Gasteiger partial charge < -0.3 is 15.4 Å². The zero-order chi connectivity index (χ0) is 15.6. The largest absolute Gasteiger partial charge is 0.496 e. The molecule has 0 saturated heterocycles. The highest BCUT2D eigenvalue weighted by Crippen LogP contribution is 2.28. The van der Waals surface area contributed by atoms with Gasteiger partial charge in [-0.3, -0.25) is 4.79 Å². The first kappa shape index (κ1) is 14.9. The third kappa shape index (κ3) is 2.99. The lowest BCUT2D eigenvalue weighted by atomic mass is 10.1. The van der Waals surface area contributed by atoms with Gasteiger partial charge in [0.2, 0.25) is 0 Å². The van der Waals surface area contributed by atoms with Gasteiger partial charge in [0, 0.05) is 18.4 Å². The number of carbonyl (C=O) groups is 1. The van der Waals surface area contributed by atoms with Gasteiger partial charge in [-0.2, -0.15) is 0 Å².